The summed E-state index contributed by atoms with van der Waals surface area (Å²) in [7, 11) is 0. The van der Waals surface area contributed by atoms with Crippen LogP contribution in [0.2, 0.25) is 0 Å². The van der Waals surface area contributed by atoms with Crippen molar-refractivity contribution in [3.63, 3.8) is 0 Å². The van der Waals surface area contributed by atoms with Crippen molar-refractivity contribution in [2.75, 3.05) is 11.6 Å². The predicted molar refractivity (Wildman–Crippen MR) is 59.9 cm³/mol. The molecule has 0 atom stereocenters. The molecule has 0 radical (unpaired) electrons. The fraction of sp³-hybridized carbons (Fsp3) is 0.0833. The fourth-order valence-corrected chi connectivity index (χ4v) is 1.86. The fourth-order valence-electron chi connectivity index (χ4n) is 1.86. The molecule has 1 aromatic heterocycles. The molecule has 0 saturated carbocycles. The van der Waals surface area contributed by atoms with E-state index in [1.807, 2.05) is 36.4 Å². The van der Waals surface area contributed by atoms with Gasteiger partial charge >= 0.3 is 0 Å². The van der Waals surface area contributed by atoms with Crippen LogP contribution in [0.25, 0.3) is 17.0 Å². The zero-order valence-corrected chi connectivity index (χ0v) is 8.09. The van der Waals surface area contributed by atoms with Crippen LogP contribution >= 0.6 is 0 Å². The summed E-state index contributed by atoms with van der Waals surface area (Å²) in [4.78, 5) is 4.26. The number of aromatic nitrogens is 1. The van der Waals surface area contributed by atoms with E-state index < -0.39 is 0 Å². The van der Waals surface area contributed by atoms with Crippen molar-refractivity contribution in [1.82, 2.24) is 4.98 Å². The monoisotopic (exact) mass is 198 g/mol. The third-order valence-electron chi connectivity index (χ3n) is 2.61. The summed E-state index contributed by atoms with van der Waals surface area (Å²) in [6.45, 7) is 0.533. The van der Waals surface area contributed by atoms with Gasteiger partial charge in [-0.2, -0.15) is 0 Å². The second kappa shape index (κ2) is 3.07. The first kappa shape index (κ1) is 8.44. The third-order valence-corrected chi connectivity index (χ3v) is 2.61. The molecule has 1 aromatic carbocycles. The third kappa shape index (κ3) is 1.28. The highest BCUT2D eigenvalue weighted by atomic mass is 16.5. The Balaban J connectivity index is 2.33. The van der Waals surface area contributed by atoms with Crippen molar-refractivity contribution in [3.05, 3.63) is 42.1 Å². The highest BCUT2D eigenvalue weighted by Gasteiger charge is 2.11. The van der Waals surface area contributed by atoms with Crippen molar-refractivity contribution in [3.8, 4) is 0 Å². The molecule has 2 aromatic rings. The summed E-state index contributed by atoms with van der Waals surface area (Å²) in [5, 5.41) is 12.0. The van der Waals surface area contributed by atoms with Gasteiger partial charge in [-0.15, -0.1) is 0 Å². The van der Waals surface area contributed by atoms with E-state index in [-0.39, 0.29) is 0 Å². The van der Waals surface area contributed by atoms with E-state index in [4.69, 9.17) is 0 Å². The summed E-state index contributed by atoms with van der Waals surface area (Å²) in [6, 6.07) is 7.88. The highest BCUT2D eigenvalue weighted by molar-refractivity contribution is 5.88. The molecule has 0 aliphatic carbocycles. The van der Waals surface area contributed by atoms with E-state index in [2.05, 4.69) is 4.98 Å². The molecule has 0 spiro atoms. The maximum atomic E-state index is 9.68. The molecule has 3 nitrogen and oxygen atoms in total. The lowest BCUT2D eigenvalue weighted by Crippen LogP contribution is -2.21. The molecular weight excluding hydrogens is 188 g/mol. The molecule has 0 fully saturated rings. The molecule has 74 valence electrons. The summed E-state index contributed by atoms with van der Waals surface area (Å²) in [5.41, 5.74) is 2.76. The van der Waals surface area contributed by atoms with Gasteiger partial charge in [-0.05, 0) is 18.2 Å². The van der Waals surface area contributed by atoms with Crippen LogP contribution < -0.4 is 5.06 Å². The van der Waals surface area contributed by atoms with Crippen LogP contribution in [0.15, 0.2) is 36.5 Å². The molecule has 0 unspecified atom stereocenters. The first-order valence-electron chi connectivity index (χ1n) is 4.86. The molecular formula is C12H10N2O. The van der Waals surface area contributed by atoms with Crippen LogP contribution in [0, 0.1) is 0 Å². The number of hydroxylamine groups is 1. The van der Waals surface area contributed by atoms with Gasteiger partial charge in [-0.25, -0.2) is 0 Å². The highest BCUT2D eigenvalue weighted by Crippen LogP contribution is 2.28. The lowest BCUT2D eigenvalue weighted by atomic mass is 10.1. The SMILES string of the molecule is ON1CC=Cc2cc3cccnc3cc21. The number of rotatable bonds is 0. The van der Waals surface area contributed by atoms with Gasteiger partial charge in [-0.1, -0.05) is 18.2 Å². The van der Waals surface area contributed by atoms with Gasteiger partial charge in [0.15, 0.2) is 0 Å². The normalized spacial score (nSPS) is 14.3. The first-order chi connectivity index (χ1) is 7.34. The zero-order chi connectivity index (χ0) is 10.3. The second-order valence-electron chi connectivity index (χ2n) is 3.59. The minimum absolute atomic E-state index is 0.533. The van der Waals surface area contributed by atoms with Crippen LogP contribution in [-0.4, -0.2) is 16.7 Å². The van der Waals surface area contributed by atoms with E-state index in [0.29, 0.717) is 6.54 Å². The Morgan fingerprint density at radius 1 is 1.33 bits per heavy atom. The lowest BCUT2D eigenvalue weighted by Gasteiger charge is -2.21. The number of anilines is 1. The average molecular weight is 198 g/mol. The smallest absolute Gasteiger partial charge is 0.0731 e. The summed E-state index contributed by atoms with van der Waals surface area (Å²) < 4.78 is 0. The van der Waals surface area contributed by atoms with E-state index in [0.717, 1.165) is 22.2 Å². The minimum atomic E-state index is 0.533. The Kier molecular flexibility index (Phi) is 1.73. The van der Waals surface area contributed by atoms with Gasteiger partial charge in [0.05, 0.1) is 17.7 Å². The summed E-state index contributed by atoms with van der Waals surface area (Å²) in [6.07, 6.45) is 5.72. The van der Waals surface area contributed by atoms with Crippen molar-refractivity contribution in [1.29, 1.82) is 0 Å². The van der Waals surface area contributed by atoms with E-state index >= 15 is 0 Å². The number of hydrogen-bond donors (Lipinski definition) is 1. The minimum Gasteiger partial charge on any atom is -0.288 e. The molecule has 0 bridgehead atoms. The van der Waals surface area contributed by atoms with Crippen molar-refractivity contribution >= 4 is 22.7 Å². The van der Waals surface area contributed by atoms with Crippen LogP contribution in [0.1, 0.15) is 5.56 Å². The Morgan fingerprint density at radius 3 is 3.20 bits per heavy atom. The summed E-state index contributed by atoms with van der Waals surface area (Å²) in [5.74, 6) is 0. The average Bonchev–Trinajstić information content (AvgIpc) is 2.27. The molecule has 0 saturated heterocycles. The largest absolute Gasteiger partial charge is 0.288 e. The first-order valence-corrected chi connectivity index (χ1v) is 4.86. The summed E-state index contributed by atoms with van der Waals surface area (Å²) >= 11 is 0. The van der Waals surface area contributed by atoms with Gasteiger partial charge in [0.1, 0.15) is 0 Å². The van der Waals surface area contributed by atoms with Gasteiger partial charge in [0, 0.05) is 17.1 Å². The van der Waals surface area contributed by atoms with Crippen molar-refractivity contribution < 1.29 is 5.21 Å². The lowest BCUT2D eigenvalue weighted by molar-refractivity contribution is 0.265. The van der Waals surface area contributed by atoms with Crippen LogP contribution in [0.4, 0.5) is 5.69 Å². The molecule has 15 heavy (non-hydrogen) atoms. The van der Waals surface area contributed by atoms with Crippen molar-refractivity contribution in [2.24, 2.45) is 0 Å². The van der Waals surface area contributed by atoms with Gasteiger partial charge < -0.3 is 0 Å². The number of hydrogen-bond acceptors (Lipinski definition) is 3. The Hall–Kier alpha value is -1.87. The topological polar surface area (TPSA) is 36.4 Å². The number of fused-ring (bicyclic) bond motifs is 2. The molecule has 1 aliphatic rings. The Bertz CT molecular complexity index is 548. The Morgan fingerprint density at radius 2 is 2.27 bits per heavy atom. The molecule has 1 aliphatic heterocycles. The van der Waals surface area contributed by atoms with E-state index in [1.165, 1.54) is 5.06 Å². The molecule has 0 amide bonds. The standard InChI is InChI=1S/C12H10N2O/c15-14-6-2-4-10-7-9-3-1-5-13-11(9)8-12(10)14/h1-5,7-8,15H,6H2. The quantitative estimate of drug-likeness (QED) is 0.706. The predicted octanol–water partition coefficient (Wildman–Crippen LogP) is 2.46. The maximum Gasteiger partial charge on any atom is 0.0731 e. The van der Waals surface area contributed by atoms with Gasteiger partial charge in [0.25, 0.3) is 0 Å². The van der Waals surface area contributed by atoms with Crippen LogP contribution in [0.5, 0.6) is 0 Å². The van der Waals surface area contributed by atoms with Gasteiger partial charge in [0.2, 0.25) is 0 Å². The number of nitrogens with zero attached hydrogens (tertiary/aromatic N) is 2. The van der Waals surface area contributed by atoms with E-state index in [9.17, 15) is 5.21 Å². The molecule has 1 N–H and O–H groups in total. The van der Waals surface area contributed by atoms with Gasteiger partial charge in [-0.3, -0.25) is 15.3 Å². The Labute approximate surface area is 87.2 Å². The van der Waals surface area contributed by atoms with Crippen LogP contribution in [-0.2, 0) is 0 Å². The molecule has 2 heterocycles. The molecule has 3 heteroatoms. The molecule has 3 rings (SSSR count). The number of benzene rings is 1. The number of pyridine rings is 1. The van der Waals surface area contributed by atoms with E-state index in [1.54, 1.807) is 6.20 Å². The van der Waals surface area contributed by atoms with Crippen molar-refractivity contribution in [2.45, 2.75) is 0 Å². The zero-order valence-electron chi connectivity index (χ0n) is 8.09. The second-order valence-corrected chi connectivity index (χ2v) is 3.59. The maximum absolute atomic E-state index is 9.68. The van der Waals surface area contributed by atoms with Crippen LogP contribution in [0.3, 0.4) is 0 Å².